The molecule has 0 saturated carbocycles. The normalized spacial score (nSPS) is 11.9. The number of thiazole rings is 1. The summed E-state index contributed by atoms with van der Waals surface area (Å²) in [5.74, 6) is 0.192. The lowest BCUT2D eigenvalue weighted by molar-refractivity contribution is 0.592. The summed E-state index contributed by atoms with van der Waals surface area (Å²) in [7, 11) is -3.02. The zero-order valence-corrected chi connectivity index (χ0v) is 9.70. The van der Waals surface area contributed by atoms with Gasteiger partial charge in [-0.1, -0.05) is 0 Å². The number of sulfone groups is 1. The third kappa shape index (κ3) is 3.73. The molecule has 0 atom stereocenters. The standard InChI is InChI=1S/C8H14N2O2S2/c1-7-10-8(5-13-7)6-14(11,12)4-2-3-9/h5H,2-4,6,9H2,1H3. The van der Waals surface area contributed by atoms with Crippen molar-refractivity contribution in [3.63, 3.8) is 0 Å². The number of hydrogen-bond acceptors (Lipinski definition) is 5. The molecular weight excluding hydrogens is 220 g/mol. The van der Waals surface area contributed by atoms with Crippen molar-refractivity contribution in [3.8, 4) is 0 Å². The topological polar surface area (TPSA) is 73.0 Å². The predicted molar refractivity (Wildman–Crippen MR) is 58.0 cm³/mol. The lowest BCUT2D eigenvalue weighted by atomic mass is 10.5. The molecule has 4 nitrogen and oxygen atoms in total. The van der Waals surface area contributed by atoms with Crippen LogP contribution in [0, 0.1) is 6.92 Å². The molecule has 0 spiro atoms. The second-order valence-electron chi connectivity index (χ2n) is 3.09. The average Bonchev–Trinajstić information content (AvgIpc) is 2.47. The third-order valence-corrected chi connectivity index (χ3v) is 4.16. The van der Waals surface area contributed by atoms with Gasteiger partial charge in [0.15, 0.2) is 9.84 Å². The van der Waals surface area contributed by atoms with Crippen molar-refractivity contribution < 1.29 is 8.42 Å². The van der Waals surface area contributed by atoms with Crippen LogP contribution in [0.15, 0.2) is 5.38 Å². The fourth-order valence-electron chi connectivity index (χ4n) is 1.08. The minimum atomic E-state index is -3.02. The number of nitrogens with zero attached hydrogens (tertiary/aromatic N) is 1. The zero-order chi connectivity index (χ0) is 10.6. The van der Waals surface area contributed by atoms with Crippen LogP contribution in [0.5, 0.6) is 0 Å². The van der Waals surface area contributed by atoms with E-state index in [0.29, 0.717) is 18.7 Å². The summed E-state index contributed by atoms with van der Waals surface area (Å²) < 4.78 is 23.0. The van der Waals surface area contributed by atoms with E-state index in [1.165, 1.54) is 11.3 Å². The van der Waals surface area contributed by atoms with Gasteiger partial charge in [-0.2, -0.15) is 0 Å². The van der Waals surface area contributed by atoms with E-state index in [1.54, 1.807) is 5.38 Å². The highest BCUT2D eigenvalue weighted by Gasteiger charge is 2.12. The maximum atomic E-state index is 11.5. The van der Waals surface area contributed by atoms with Crippen LogP contribution in [0.2, 0.25) is 0 Å². The molecule has 0 aliphatic heterocycles. The van der Waals surface area contributed by atoms with Crippen LogP contribution in [0.3, 0.4) is 0 Å². The molecule has 0 amide bonds. The van der Waals surface area contributed by atoms with Crippen LogP contribution in [0.25, 0.3) is 0 Å². The van der Waals surface area contributed by atoms with Crippen LogP contribution < -0.4 is 5.73 Å². The van der Waals surface area contributed by atoms with Gasteiger partial charge in [-0.3, -0.25) is 0 Å². The fraction of sp³-hybridized carbons (Fsp3) is 0.625. The van der Waals surface area contributed by atoms with Gasteiger partial charge in [0.25, 0.3) is 0 Å². The highest BCUT2D eigenvalue weighted by atomic mass is 32.2. The first-order valence-corrected chi connectivity index (χ1v) is 7.05. The molecular formula is C8H14N2O2S2. The van der Waals surface area contributed by atoms with E-state index in [-0.39, 0.29) is 11.5 Å². The lowest BCUT2D eigenvalue weighted by Gasteiger charge is -2.00. The average molecular weight is 234 g/mol. The molecule has 0 radical (unpaired) electrons. The summed E-state index contributed by atoms with van der Waals surface area (Å²) in [5, 5.41) is 2.68. The van der Waals surface area contributed by atoms with Crippen molar-refractivity contribution >= 4 is 21.2 Å². The van der Waals surface area contributed by atoms with Gasteiger partial charge in [-0.25, -0.2) is 13.4 Å². The van der Waals surface area contributed by atoms with Gasteiger partial charge in [-0.15, -0.1) is 11.3 Å². The number of aromatic nitrogens is 1. The molecule has 1 aromatic rings. The number of rotatable bonds is 5. The maximum absolute atomic E-state index is 11.5. The molecule has 1 heterocycles. The molecule has 80 valence electrons. The highest BCUT2D eigenvalue weighted by Crippen LogP contribution is 2.11. The van der Waals surface area contributed by atoms with Gasteiger partial charge in [0.2, 0.25) is 0 Å². The summed E-state index contributed by atoms with van der Waals surface area (Å²) in [4.78, 5) is 4.11. The van der Waals surface area contributed by atoms with E-state index in [0.717, 1.165) is 5.01 Å². The molecule has 0 unspecified atom stereocenters. The summed E-state index contributed by atoms with van der Waals surface area (Å²) >= 11 is 1.47. The minimum Gasteiger partial charge on any atom is -0.330 e. The predicted octanol–water partition coefficient (Wildman–Crippen LogP) is 0.715. The minimum absolute atomic E-state index is 0.0390. The number of hydrogen-bond donors (Lipinski definition) is 1. The largest absolute Gasteiger partial charge is 0.330 e. The Morgan fingerprint density at radius 1 is 1.57 bits per heavy atom. The van der Waals surface area contributed by atoms with Gasteiger partial charge >= 0.3 is 0 Å². The molecule has 0 aliphatic carbocycles. The van der Waals surface area contributed by atoms with Crippen molar-refractivity contribution in [1.29, 1.82) is 0 Å². The molecule has 0 fully saturated rings. The van der Waals surface area contributed by atoms with Crippen molar-refractivity contribution in [3.05, 3.63) is 16.1 Å². The molecule has 1 rings (SSSR count). The summed E-state index contributed by atoms with van der Waals surface area (Å²) in [6.07, 6.45) is 0.519. The SMILES string of the molecule is Cc1nc(CS(=O)(=O)CCCN)cs1. The van der Waals surface area contributed by atoms with E-state index >= 15 is 0 Å². The Hall–Kier alpha value is -0.460. The van der Waals surface area contributed by atoms with E-state index in [2.05, 4.69) is 4.98 Å². The molecule has 14 heavy (non-hydrogen) atoms. The van der Waals surface area contributed by atoms with Crippen molar-refractivity contribution in [2.75, 3.05) is 12.3 Å². The van der Waals surface area contributed by atoms with E-state index < -0.39 is 9.84 Å². The Morgan fingerprint density at radius 3 is 2.79 bits per heavy atom. The van der Waals surface area contributed by atoms with Crippen molar-refractivity contribution in [2.24, 2.45) is 5.73 Å². The Balaban J connectivity index is 2.59. The molecule has 0 aliphatic rings. The Bertz CT molecular complexity index is 384. The molecule has 0 aromatic carbocycles. The molecule has 0 bridgehead atoms. The van der Waals surface area contributed by atoms with Gasteiger partial charge in [-0.05, 0) is 19.9 Å². The fourth-order valence-corrected chi connectivity index (χ4v) is 3.14. The number of nitrogens with two attached hydrogens (primary N) is 1. The smallest absolute Gasteiger partial charge is 0.156 e. The first-order chi connectivity index (χ1) is 6.53. The Kier molecular flexibility index (Phi) is 4.03. The van der Waals surface area contributed by atoms with Gasteiger partial charge in [0.05, 0.1) is 22.2 Å². The Labute approximate surface area is 88.1 Å². The van der Waals surface area contributed by atoms with E-state index in [4.69, 9.17) is 5.73 Å². The summed E-state index contributed by atoms with van der Waals surface area (Å²) in [6, 6.07) is 0. The van der Waals surface area contributed by atoms with Gasteiger partial charge in [0.1, 0.15) is 0 Å². The first-order valence-electron chi connectivity index (χ1n) is 4.35. The second-order valence-corrected chi connectivity index (χ2v) is 6.34. The summed E-state index contributed by atoms with van der Waals surface area (Å²) in [6.45, 7) is 2.27. The van der Waals surface area contributed by atoms with E-state index in [9.17, 15) is 8.42 Å². The van der Waals surface area contributed by atoms with Gasteiger partial charge in [0, 0.05) is 5.38 Å². The van der Waals surface area contributed by atoms with Crippen LogP contribution >= 0.6 is 11.3 Å². The van der Waals surface area contributed by atoms with E-state index in [1.807, 2.05) is 6.92 Å². The number of aryl methyl sites for hydroxylation is 1. The summed E-state index contributed by atoms with van der Waals surface area (Å²) in [5.41, 5.74) is 5.90. The zero-order valence-electron chi connectivity index (χ0n) is 8.06. The van der Waals surface area contributed by atoms with Crippen LogP contribution in [0.4, 0.5) is 0 Å². The maximum Gasteiger partial charge on any atom is 0.156 e. The molecule has 0 saturated heterocycles. The van der Waals surface area contributed by atoms with Crippen LogP contribution in [-0.4, -0.2) is 25.7 Å². The second kappa shape index (κ2) is 4.86. The molecule has 2 N–H and O–H groups in total. The van der Waals surface area contributed by atoms with Crippen molar-refractivity contribution in [2.45, 2.75) is 19.1 Å². The third-order valence-electron chi connectivity index (χ3n) is 1.69. The lowest BCUT2D eigenvalue weighted by Crippen LogP contribution is -2.13. The van der Waals surface area contributed by atoms with Gasteiger partial charge < -0.3 is 5.73 Å². The Morgan fingerprint density at radius 2 is 2.29 bits per heavy atom. The molecule has 1 aromatic heterocycles. The highest BCUT2D eigenvalue weighted by molar-refractivity contribution is 7.90. The first kappa shape index (κ1) is 11.6. The monoisotopic (exact) mass is 234 g/mol. The molecule has 6 heteroatoms. The quantitative estimate of drug-likeness (QED) is 0.814. The van der Waals surface area contributed by atoms with Crippen LogP contribution in [0.1, 0.15) is 17.1 Å². The van der Waals surface area contributed by atoms with Crippen LogP contribution in [-0.2, 0) is 15.6 Å². The van der Waals surface area contributed by atoms with Crippen molar-refractivity contribution in [1.82, 2.24) is 4.98 Å².